The Morgan fingerprint density at radius 1 is 1.32 bits per heavy atom. The fraction of sp³-hybridized carbons (Fsp3) is 0.538. The molecule has 1 aromatic rings. The largest absolute Gasteiger partial charge is 0.411 e. The smallest absolute Gasteiger partial charge is 0.372 e. The first-order chi connectivity index (χ1) is 8.91. The minimum Gasteiger partial charge on any atom is -0.372 e. The van der Waals surface area contributed by atoms with Crippen LogP contribution in [0.2, 0.25) is 5.02 Å². The molecule has 1 fully saturated rings. The van der Waals surface area contributed by atoms with E-state index in [0.717, 1.165) is 18.7 Å². The van der Waals surface area contributed by atoms with E-state index in [9.17, 15) is 13.2 Å². The highest BCUT2D eigenvalue weighted by Gasteiger charge is 2.38. The lowest BCUT2D eigenvalue weighted by molar-refractivity contribution is -0.175. The van der Waals surface area contributed by atoms with Gasteiger partial charge in [-0.15, -0.1) is 0 Å². The standard InChI is InChI=1S/C13H15ClF3NO/c14-11-3-1-2-10(6-11)12(7-18-8-12)4-5-19-9-13(15,16)17/h1-3,6,18H,4-5,7-9H2. The summed E-state index contributed by atoms with van der Waals surface area (Å²) in [6, 6.07) is 7.46. The zero-order valence-electron chi connectivity index (χ0n) is 10.3. The summed E-state index contributed by atoms with van der Waals surface area (Å²) in [5.74, 6) is 0. The molecule has 1 aliphatic rings. The van der Waals surface area contributed by atoms with E-state index in [1.165, 1.54) is 0 Å². The van der Waals surface area contributed by atoms with Crippen molar-refractivity contribution < 1.29 is 17.9 Å². The van der Waals surface area contributed by atoms with Gasteiger partial charge in [0, 0.05) is 30.1 Å². The van der Waals surface area contributed by atoms with Crippen LogP contribution < -0.4 is 5.32 Å². The van der Waals surface area contributed by atoms with Gasteiger partial charge in [0.15, 0.2) is 0 Å². The summed E-state index contributed by atoms with van der Waals surface area (Å²) in [6.07, 6.45) is -3.71. The van der Waals surface area contributed by atoms with Crippen molar-refractivity contribution in [2.75, 3.05) is 26.3 Å². The van der Waals surface area contributed by atoms with Crippen molar-refractivity contribution in [1.82, 2.24) is 5.32 Å². The van der Waals surface area contributed by atoms with E-state index in [4.69, 9.17) is 16.3 Å². The van der Waals surface area contributed by atoms with E-state index < -0.39 is 12.8 Å². The Morgan fingerprint density at radius 3 is 2.58 bits per heavy atom. The summed E-state index contributed by atoms with van der Waals surface area (Å²) in [5, 5.41) is 3.80. The van der Waals surface area contributed by atoms with E-state index in [0.29, 0.717) is 11.4 Å². The maximum atomic E-state index is 12.0. The van der Waals surface area contributed by atoms with Crippen LogP contribution in [0.5, 0.6) is 0 Å². The second-order valence-electron chi connectivity index (χ2n) is 4.81. The molecule has 0 aliphatic carbocycles. The Bertz CT molecular complexity index is 432. The molecule has 6 heteroatoms. The van der Waals surface area contributed by atoms with Gasteiger partial charge in [-0.1, -0.05) is 23.7 Å². The molecule has 1 saturated heterocycles. The molecule has 0 aromatic heterocycles. The lowest BCUT2D eigenvalue weighted by Crippen LogP contribution is -2.57. The number of alkyl halides is 3. The molecule has 0 amide bonds. The van der Waals surface area contributed by atoms with Crippen LogP contribution in [0.1, 0.15) is 12.0 Å². The number of rotatable bonds is 5. The van der Waals surface area contributed by atoms with Crippen LogP contribution in [0, 0.1) is 0 Å². The number of ether oxygens (including phenoxy) is 1. The Hall–Kier alpha value is -0.780. The maximum Gasteiger partial charge on any atom is 0.411 e. The first-order valence-electron chi connectivity index (χ1n) is 6.03. The van der Waals surface area contributed by atoms with Crippen molar-refractivity contribution in [2.45, 2.75) is 18.0 Å². The zero-order valence-corrected chi connectivity index (χ0v) is 11.0. The van der Waals surface area contributed by atoms with Gasteiger partial charge in [0.1, 0.15) is 6.61 Å². The lowest BCUT2D eigenvalue weighted by atomic mass is 9.73. The number of hydrogen-bond acceptors (Lipinski definition) is 2. The SMILES string of the molecule is FC(F)(F)COCCC1(c2cccc(Cl)c2)CNC1. The third-order valence-electron chi connectivity index (χ3n) is 3.35. The normalized spacial score (nSPS) is 18.1. The Kier molecular flexibility index (Phi) is 4.38. The van der Waals surface area contributed by atoms with E-state index in [-0.39, 0.29) is 12.0 Å². The number of halogens is 4. The van der Waals surface area contributed by atoms with Gasteiger partial charge in [-0.3, -0.25) is 0 Å². The molecule has 19 heavy (non-hydrogen) atoms. The molecule has 0 bridgehead atoms. The van der Waals surface area contributed by atoms with Crippen molar-refractivity contribution >= 4 is 11.6 Å². The van der Waals surface area contributed by atoms with Crippen LogP contribution in [-0.2, 0) is 10.2 Å². The molecule has 0 unspecified atom stereocenters. The fourth-order valence-corrected chi connectivity index (χ4v) is 2.42. The molecule has 1 N–H and O–H groups in total. The lowest BCUT2D eigenvalue weighted by Gasteiger charge is -2.43. The van der Waals surface area contributed by atoms with E-state index in [2.05, 4.69) is 5.32 Å². The number of benzene rings is 1. The van der Waals surface area contributed by atoms with Crippen LogP contribution in [-0.4, -0.2) is 32.5 Å². The molecule has 1 heterocycles. The van der Waals surface area contributed by atoms with E-state index >= 15 is 0 Å². The monoisotopic (exact) mass is 293 g/mol. The number of hydrogen-bond donors (Lipinski definition) is 1. The summed E-state index contributed by atoms with van der Waals surface area (Å²) in [5.41, 5.74) is 0.894. The molecule has 0 spiro atoms. The van der Waals surface area contributed by atoms with Crippen LogP contribution >= 0.6 is 11.6 Å². The molecule has 1 aromatic carbocycles. The third-order valence-corrected chi connectivity index (χ3v) is 3.59. The average molecular weight is 294 g/mol. The first kappa shape index (κ1) is 14.6. The van der Waals surface area contributed by atoms with Gasteiger partial charge < -0.3 is 10.1 Å². The Labute approximate surface area is 114 Å². The van der Waals surface area contributed by atoms with Crippen LogP contribution in [0.25, 0.3) is 0 Å². The molecule has 1 aliphatic heterocycles. The first-order valence-corrected chi connectivity index (χ1v) is 6.40. The van der Waals surface area contributed by atoms with Gasteiger partial charge in [-0.25, -0.2) is 0 Å². The highest BCUT2D eigenvalue weighted by Crippen LogP contribution is 2.33. The summed E-state index contributed by atoms with van der Waals surface area (Å²) < 4.78 is 40.7. The van der Waals surface area contributed by atoms with Gasteiger partial charge in [-0.2, -0.15) is 13.2 Å². The van der Waals surface area contributed by atoms with Crippen LogP contribution in [0.4, 0.5) is 13.2 Å². The van der Waals surface area contributed by atoms with Crippen molar-refractivity contribution in [3.63, 3.8) is 0 Å². The fourth-order valence-electron chi connectivity index (χ4n) is 2.23. The molecular formula is C13H15ClF3NO. The van der Waals surface area contributed by atoms with Crippen LogP contribution in [0.3, 0.4) is 0 Å². The molecule has 0 atom stereocenters. The molecule has 0 radical (unpaired) electrons. The van der Waals surface area contributed by atoms with Crippen molar-refractivity contribution in [2.24, 2.45) is 0 Å². The van der Waals surface area contributed by atoms with Gasteiger partial charge in [-0.05, 0) is 24.1 Å². The predicted octanol–water partition coefficient (Wildman–Crippen LogP) is 3.15. The molecule has 2 rings (SSSR count). The second-order valence-corrected chi connectivity index (χ2v) is 5.25. The second kappa shape index (κ2) is 5.69. The predicted molar refractivity (Wildman–Crippen MR) is 67.5 cm³/mol. The molecule has 2 nitrogen and oxygen atoms in total. The van der Waals surface area contributed by atoms with Crippen molar-refractivity contribution in [1.29, 1.82) is 0 Å². The van der Waals surface area contributed by atoms with E-state index in [1.54, 1.807) is 6.07 Å². The Morgan fingerprint density at radius 2 is 2.05 bits per heavy atom. The summed E-state index contributed by atoms with van der Waals surface area (Å²) in [4.78, 5) is 0. The van der Waals surface area contributed by atoms with Gasteiger partial charge in [0.05, 0.1) is 0 Å². The average Bonchev–Trinajstić information content (AvgIpc) is 2.25. The number of nitrogens with one attached hydrogen (secondary N) is 1. The summed E-state index contributed by atoms with van der Waals surface area (Å²) in [7, 11) is 0. The quantitative estimate of drug-likeness (QED) is 0.842. The molecule has 106 valence electrons. The van der Waals surface area contributed by atoms with Gasteiger partial charge in [0.2, 0.25) is 0 Å². The molecule has 0 saturated carbocycles. The highest BCUT2D eigenvalue weighted by molar-refractivity contribution is 6.30. The maximum absolute atomic E-state index is 12.0. The third kappa shape index (κ3) is 3.84. The zero-order chi connectivity index (χ0) is 13.9. The van der Waals surface area contributed by atoms with Gasteiger partial charge >= 0.3 is 6.18 Å². The topological polar surface area (TPSA) is 21.3 Å². The summed E-state index contributed by atoms with van der Waals surface area (Å²) in [6.45, 7) is 0.380. The highest BCUT2D eigenvalue weighted by atomic mass is 35.5. The minimum atomic E-state index is -4.26. The minimum absolute atomic E-state index is 0.0910. The molecular weight excluding hydrogens is 279 g/mol. The van der Waals surface area contributed by atoms with Crippen molar-refractivity contribution in [3.05, 3.63) is 34.9 Å². The van der Waals surface area contributed by atoms with E-state index in [1.807, 2.05) is 18.2 Å². The van der Waals surface area contributed by atoms with Gasteiger partial charge in [0.25, 0.3) is 0 Å². The van der Waals surface area contributed by atoms with Crippen molar-refractivity contribution in [3.8, 4) is 0 Å². The Balaban J connectivity index is 1.92. The van der Waals surface area contributed by atoms with Crippen LogP contribution in [0.15, 0.2) is 24.3 Å². The summed E-state index contributed by atoms with van der Waals surface area (Å²) >= 11 is 5.95.